The van der Waals surface area contributed by atoms with Crippen LogP contribution >= 0.6 is 15.9 Å². The second kappa shape index (κ2) is 6.88. The highest BCUT2D eigenvalue weighted by molar-refractivity contribution is 9.09. The monoisotopic (exact) mass is 338 g/mol. The van der Waals surface area contributed by atoms with Gasteiger partial charge >= 0.3 is 6.18 Å². The third kappa shape index (κ3) is 5.59. The van der Waals surface area contributed by atoms with E-state index in [1.807, 2.05) is 6.92 Å². The molecule has 106 valence electrons. The van der Waals surface area contributed by atoms with Gasteiger partial charge in [0.2, 0.25) is 0 Å². The SMILES string of the molecule is CC(Br)CCCNC(=O)c1ccc(C(F)(F)F)cn1. The Morgan fingerprint density at radius 3 is 2.63 bits per heavy atom. The van der Waals surface area contributed by atoms with Crippen molar-refractivity contribution in [1.82, 2.24) is 10.3 Å². The molecule has 0 aliphatic rings. The number of nitrogens with one attached hydrogen (secondary N) is 1. The summed E-state index contributed by atoms with van der Waals surface area (Å²) in [5.41, 5.74) is -0.878. The Morgan fingerprint density at radius 2 is 2.16 bits per heavy atom. The highest BCUT2D eigenvalue weighted by atomic mass is 79.9. The molecule has 0 spiro atoms. The Kier molecular flexibility index (Phi) is 5.78. The van der Waals surface area contributed by atoms with Gasteiger partial charge in [-0.25, -0.2) is 0 Å². The van der Waals surface area contributed by atoms with Gasteiger partial charge in [-0.2, -0.15) is 13.2 Å². The maximum Gasteiger partial charge on any atom is 0.417 e. The molecule has 0 saturated heterocycles. The van der Waals surface area contributed by atoms with Gasteiger partial charge in [0.15, 0.2) is 0 Å². The molecule has 1 rings (SSSR count). The maximum absolute atomic E-state index is 12.3. The van der Waals surface area contributed by atoms with Crippen molar-refractivity contribution in [2.75, 3.05) is 6.54 Å². The third-order valence-corrected chi connectivity index (χ3v) is 2.85. The summed E-state index contributed by atoms with van der Waals surface area (Å²) in [4.78, 5) is 15.5. The molecule has 1 N–H and O–H groups in total. The molecule has 0 aliphatic heterocycles. The standard InChI is InChI=1S/C12H14BrF3N2O/c1-8(13)3-2-6-17-11(19)10-5-4-9(7-18-10)12(14,15)16/h4-5,7-8H,2-3,6H2,1H3,(H,17,19). The van der Waals surface area contributed by atoms with Crippen LogP contribution in [0.2, 0.25) is 0 Å². The highest BCUT2D eigenvalue weighted by Gasteiger charge is 2.30. The molecule has 1 heterocycles. The van der Waals surface area contributed by atoms with E-state index in [4.69, 9.17) is 0 Å². The van der Waals surface area contributed by atoms with Crippen LogP contribution < -0.4 is 5.32 Å². The Bertz CT molecular complexity index is 418. The molecule has 0 aromatic carbocycles. The van der Waals surface area contributed by atoms with Gasteiger partial charge in [-0.1, -0.05) is 22.9 Å². The third-order valence-electron chi connectivity index (χ3n) is 2.39. The van der Waals surface area contributed by atoms with E-state index < -0.39 is 17.6 Å². The number of hydrogen-bond donors (Lipinski definition) is 1. The van der Waals surface area contributed by atoms with Crippen molar-refractivity contribution in [1.29, 1.82) is 0 Å². The van der Waals surface area contributed by atoms with Crippen LogP contribution in [-0.4, -0.2) is 22.3 Å². The minimum atomic E-state index is -4.44. The van der Waals surface area contributed by atoms with Crippen molar-refractivity contribution in [3.8, 4) is 0 Å². The van der Waals surface area contributed by atoms with Gasteiger partial charge in [0.25, 0.3) is 5.91 Å². The Morgan fingerprint density at radius 1 is 1.47 bits per heavy atom. The zero-order valence-electron chi connectivity index (χ0n) is 10.3. The zero-order valence-corrected chi connectivity index (χ0v) is 11.9. The van der Waals surface area contributed by atoms with Gasteiger partial charge in [0, 0.05) is 17.6 Å². The number of amides is 1. The summed E-state index contributed by atoms with van der Waals surface area (Å²) in [5.74, 6) is -0.462. The second-order valence-corrected chi connectivity index (χ2v) is 5.67. The summed E-state index contributed by atoms with van der Waals surface area (Å²) in [6.45, 7) is 2.47. The summed E-state index contributed by atoms with van der Waals surface area (Å²) in [5, 5.41) is 2.61. The Hall–Kier alpha value is -1.11. The van der Waals surface area contributed by atoms with Crippen molar-refractivity contribution in [3.05, 3.63) is 29.6 Å². The molecular formula is C12H14BrF3N2O. The molecular weight excluding hydrogens is 325 g/mol. The van der Waals surface area contributed by atoms with Crippen molar-refractivity contribution in [2.45, 2.75) is 30.8 Å². The fourth-order valence-corrected chi connectivity index (χ4v) is 1.70. The van der Waals surface area contributed by atoms with E-state index >= 15 is 0 Å². The van der Waals surface area contributed by atoms with E-state index in [2.05, 4.69) is 26.2 Å². The fraction of sp³-hybridized carbons (Fsp3) is 0.500. The highest BCUT2D eigenvalue weighted by Crippen LogP contribution is 2.28. The molecule has 1 amide bonds. The largest absolute Gasteiger partial charge is 0.417 e. The molecule has 1 atom stereocenters. The predicted octanol–water partition coefficient (Wildman–Crippen LogP) is 3.39. The average molecular weight is 339 g/mol. The van der Waals surface area contributed by atoms with Gasteiger partial charge in [-0.3, -0.25) is 9.78 Å². The first-order valence-electron chi connectivity index (χ1n) is 5.76. The number of hydrogen-bond acceptors (Lipinski definition) is 2. The number of aromatic nitrogens is 1. The van der Waals surface area contributed by atoms with Crippen molar-refractivity contribution < 1.29 is 18.0 Å². The summed E-state index contributed by atoms with van der Waals surface area (Å²) >= 11 is 3.38. The van der Waals surface area contributed by atoms with E-state index in [0.29, 0.717) is 17.6 Å². The lowest BCUT2D eigenvalue weighted by Gasteiger charge is -2.08. The van der Waals surface area contributed by atoms with Gasteiger partial charge in [-0.05, 0) is 25.0 Å². The fourth-order valence-electron chi connectivity index (χ4n) is 1.37. The van der Waals surface area contributed by atoms with Crippen molar-refractivity contribution >= 4 is 21.8 Å². The first-order chi connectivity index (χ1) is 8.80. The van der Waals surface area contributed by atoms with Crippen LogP contribution in [0.25, 0.3) is 0 Å². The topological polar surface area (TPSA) is 42.0 Å². The van der Waals surface area contributed by atoms with E-state index in [-0.39, 0.29) is 5.69 Å². The van der Waals surface area contributed by atoms with Gasteiger partial charge in [0.05, 0.1) is 5.56 Å². The van der Waals surface area contributed by atoms with Gasteiger partial charge in [-0.15, -0.1) is 0 Å². The van der Waals surface area contributed by atoms with Crippen LogP contribution in [0.1, 0.15) is 35.8 Å². The smallest absolute Gasteiger partial charge is 0.351 e. The molecule has 19 heavy (non-hydrogen) atoms. The molecule has 1 unspecified atom stereocenters. The number of pyridine rings is 1. The molecule has 1 aromatic heterocycles. The second-order valence-electron chi connectivity index (χ2n) is 4.11. The van der Waals surface area contributed by atoms with E-state index in [9.17, 15) is 18.0 Å². The lowest BCUT2D eigenvalue weighted by molar-refractivity contribution is -0.137. The van der Waals surface area contributed by atoms with E-state index in [1.54, 1.807) is 0 Å². The number of carbonyl (C=O) groups is 1. The Labute approximate surface area is 117 Å². The minimum Gasteiger partial charge on any atom is -0.351 e. The van der Waals surface area contributed by atoms with Crippen LogP contribution in [0.5, 0.6) is 0 Å². The van der Waals surface area contributed by atoms with Gasteiger partial charge in [0.1, 0.15) is 5.69 Å². The number of alkyl halides is 4. The zero-order chi connectivity index (χ0) is 14.5. The molecule has 0 fully saturated rings. The van der Waals surface area contributed by atoms with Crippen LogP contribution in [0.15, 0.2) is 18.3 Å². The van der Waals surface area contributed by atoms with Crippen molar-refractivity contribution in [3.63, 3.8) is 0 Å². The summed E-state index contributed by atoms with van der Waals surface area (Å²) in [6, 6.07) is 1.92. The summed E-state index contributed by atoms with van der Waals surface area (Å²) in [7, 11) is 0. The first kappa shape index (κ1) is 15.9. The number of carbonyl (C=O) groups excluding carboxylic acids is 1. The Balaban J connectivity index is 2.49. The van der Waals surface area contributed by atoms with E-state index in [0.717, 1.165) is 25.0 Å². The molecule has 0 bridgehead atoms. The van der Waals surface area contributed by atoms with Crippen LogP contribution in [0.4, 0.5) is 13.2 Å². The quantitative estimate of drug-likeness (QED) is 0.660. The maximum atomic E-state index is 12.3. The number of halogens is 4. The molecule has 0 saturated carbocycles. The predicted molar refractivity (Wildman–Crippen MR) is 69.2 cm³/mol. The van der Waals surface area contributed by atoms with Crippen molar-refractivity contribution in [2.24, 2.45) is 0 Å². The van der Waals surface area contributed by atoms with Crippen LogP contribution in [-0.2, 0) is 6.18 Å². The first-order valence-corrected chi connectivity index (χ1v) is 6.68. The lowest BCUT2D eigenvalue weighted by atomic mass is 10.2. The molecule has 3 nitrogen and oxygen atoms in total. The normalized spacial score (nSPS) is 13.1. The lowest BCUT2D eigenvalue weighted by Crippen LogP contribution is -2.25. The number of rotatable bonds is 5. The number of nitrogens with zero attached hydrogens (tertiary/aromatic N) is 1. The molecule has 1 aromatic rings. The van der Waals surface area contributed by atoms with Crippen LogP contribution in [0, 0.1) is 0 Å². The van der Waals surface area contributed by atoms with Gasteiger partial charge < -0.3 is 5.32 Å². The molecule has 0 radical (unpaired) electrons. The summed E-state index contributed by atoms with van der Waals surface area (Å²) < 4.78 is 36.9. The van der Waals surface area contributed by atoms with Crippen LogP contribution in [0.3, 0.4) is 0 Å². The van der Waals surface area contributed by atoms with E-state index in [1.165, 1.54) is 0 Å². The molecule has 0 aliphatic carbocycles. The minimum absolute atomic E-state index is 0.0140. The molecule has 7 heteroatoms. The summed E-state index contributed by atoms with van der Waals surface area (Å²) in [6.07, 6.45) is -2.08. The average Bonchev–Trinajstić information content (AvgIpc) is 2.33.